The molecule has 0 rings (SSSR count). The molecule has 0 spiro atoms. The number of nitrogens with one attached hydrogen (secondary N) is 1. The minimum atomic E-state index is 0.287. The molecule has 3 heteroatoms. The third-order valence-corrected chi connectivity index (χ3v) is 1.67. The van der Waals surface area contributed by atoms with E-state index in [1.807, 2.05) is 34.7 Å². The third-order valence-electron chi connectivity index (χ3n) is 1.67. The van der Waals surface area contributed by atoms with Crippen LogP contribution in [0.15, 0.2) is 0 Å². The zero-order valence-electron chi connectivity index (χ0n) is 9.46. The van der Waals surface area contributed by atoms with Gasteiger partial charge >= 0.3 is 0 Å². The fourth-order valence-electron chi connectivity index (χ4n) is 0.832. The molecule has 0 saturated heterocycles. The zero-order chi connectivity index (χ0) is 10.3. The second kappa shape index (κ2) is 7.30. The molecule has 3 nitrogen and oxygen atoms in total. The van der Waals surface area contributed by atoms with Crippen LogP contribution in [-0.2, 0) is 9.47 Å². The fourth-order valence-corrected chi connectivity index (χ4v) is 0.832. The summed E-state index contributed by atoms with van der Waals surface area (Å²) in [5.41, 5.74) is 0. The minimum absolute atomic E-state index is 0.287. The van der Waals surface area contributed by atoms with Gasteiger partial charge in [0.1, 0.15) is 0 Å². The van der Waals surface area contributed by atoms with Crippen molar-refractivity contribution in [3.05, 3.63) is 0 Å². The molecular formula is C10H23NO2. The van der Waals surface area contributed by atoms with Crippen LogP contribution in [0.2, 0.25) is 0 Å². The van der Waals surface area contributed by atoms with E-state index < -0.39 is 0 Å². The molecule has 1 N–H and O–H groups in total. The van der Waals surface area contributed by atoms with E-state index in [0.29, 0.717) is 19.3 Å². The van der Waals surface area contributed by atoms with Crippen molar-refractivity contribution in [3.63, 3.8) is 0 Å². The zero-order valence-corrected chi connectivity index (χ0v) is 9.46. The Morgan fingerprint density at radius 1 is 0.923 bits per heavy atom. The van der Waals surface area contributed by atoms with Gasteiger partial charge in [0.05, 0.1) is 31.5 Å². The van der Waals surface area contributed by atoms with Gasteiger partial charge in [-0.3, -0.25) is 0 Å². The molecule has 0 heterocycles. The summed E-state index contributed by atoms with van der Waals surface area (Å²) < 4.78 is 11.0. The molecule has 0 fully saturated rings. The first kappa shape index (κ1) is 12.9. The van der Waals surface area contributed by atoms with Gasteiger partial charge in [0.2, 0.25) is 0 Å². The monoisotopic (exact) mass is 189 g/mol. The van der Waals surface area contributed by atoms with Gasteiger partial charge < -0.3 is 14.8 Å². The normalized spacial score (nSPS) is 12.0. The lowest BCUT2D eigenvalue weighted by Crippen LogP contribution is -2.36. The Hall–Kier alpha value is -0.120. The van der Waals surface area contributed by atoms with Crippen LogP contribution in [0.1, 0.15) is 27.7 Å². The van der Waals surface area contributed by atoms with E-state index in [4.69, 9.17) is 9.47 Å². The Bertz CT molecular complexity index is 103. The predicted molar refractivity (Wildman–Crippen MR) is 55.0 cm³/mol. The maximum Gasteiger partial charge on any atom is 0.0645 e. The smallest absolute Gasteiger partial charge is 0.0645 e. The molecule has 0 atom stereocenters. The molecule has 0 radical (unpaired) electrons. The molecule has 0 aliphatic heterocycles. The Labute approximate surface area is 81.8 Å². The molecule has 0 unspecified atom stereocenters. The summed E-state index contributed by atoms with van der Waals surface area (Å²) in [6.07, 6.45) is 0.574. The van der Waals surface area contributed by atoms with Crippen molar-refractivity contribution in [1.82, 2.24) is 5.32 Å². The third kappa shape index (κ3) is 8.22. The van der Waals surface area contributed by atoms with E-state index in [2.05, 4.69) is 5.32 Å². The van der Waals surface area contributed by atoms with Crippen LogP contribution in [-0.4, -0.2) is 38.5 Å². The van der Waals surface area contributed by atoms with Crippen molar-refractivity contribution in [1.29, 1.82) is 0 Å². The molecule has 0 aromatic carbocycles. The van der Waals surface area contributed by atoms with E-state index in [9.17, 15) is 0 Å². The standard InChI is InChI=1S/C10H23NO2/c1-8(2)12-6-10(11-5)7-13-9(3)4/h8-11H,6-7H2,1-5H3. The second-order valence-electron chi connectivity index (χ2n) is 3.75. The van der Waals surface area contributed by atoms with Crippen molar-refractivity contribution in [2.45, 2.75) is 45.9 Å². The lowest BCUT2D eigenvalue weighted by atomic mass is 10.3. The van der Waals surface area contributed by atoms with Crippen LogP contribution in [0.5, 0.6) is 0 Å². The molecule has 0 saturated carbocycles. The number of likely N-dealkylation sites (N-methyl/N-ethyl adjacent to an activating group) is 1. The summed E-state index contributed by atoms with van der Waals surface area (Å²) in [5.74, 6) is 0. The highest BCUT2D eigenvalue weighted by Crippen LogP contribution is 1.95. The lowest BCUT2D eigenvalue weighted by molar-refractivity contribution is 0.0133. The van der Waals surface area contributed by atoms with Gasteiger partial charge in [0.25, 0.3) is 0 Å². The summed E-state index contributed by atoms with van der Waals surface area (Å²) in [6.45, 7) is 9.57. The molecule has 0 aliphatic rings. The van der Waals surface area contributed by atoms with Crippen LogP contribution >= 0.6 is 0 Å². The number of rotatable bonds is 7. The van der Waals surface area contributed by atoms with Gasteiger partial charge in [-0.15, -0.1) is 0 Å². The van der Waals surface area contributed by atoms with Crippen LogP contribution in [0, 0.1) is 0 Å². The van der Waals surface area contributed by atoms with Crippen LogP contribution in [0.4, 0.5) is 0 Å². The van der Waals surface area contributed by atoms with E-state index in [-0.39, 0.29) is 12.2 Å². The van der Waals surface area contributed by atoms with Crippen molar-refractivity contribution in [2.24, 2.45) is 0 Å². The maximum absolute atomic E-state index is 5.48. The van der Waals surface area contributed by atoms with Crippen molar-refractivity contribution in [3.8, 4) is 0 Å². The summed E-state index contributed by atoms with van der Waals surface area (Å²) in [5, 5.41) is 3.16. The average Bonchev–Trinajstić information content (AvgIpc) is 2.04. The molecule has 80 valence electrons. The predicted octanol–water partition coefficient (Wildman–Crippen LogP) is 1.42. The van der Waals surface area contributed by atoms with E-state index >= 15 is 0 Å². The highest BCUT2D eigenvalue weighted by molar-refractivity contribution is 4.63. The van der Waals surface area contributed by atoms with Gasteiger partial charge in [0.15, 0.2) is 0 Å². The molecule has 0 aromatic rings. The Morgan fingerprint density at radius 2 is 1.31 bits per heavy atom. The van der Waals surface area contributed by atoms with Gasteiger partial charge in [-0.05, 0) is 34.7 Å². The van der Waals surface area contributed by atoms with Crippen LogP contribution in [0.3, 0.4) is 0 Å². The largest absolute Gasteiger partial charge is 0.377 e. The fraction of sp³-hybridized carbons (Fsp3) is 1.00. The second-order valence-corrected chi connectivity index (χ2v) is 3.75. The average molecular weight is 189 g/mol. The topological polar surface area (TPSA) is 30.5 Å². The molecule has 0 aromatic heterocycles. The summed E-state index contributed by atoms with van der Waals surface area (Å²) in [6, 6.07) is 0.296. The highest BCUT2D eigenvalue weighted by Gasteiger charge is 2.08. The van der Waals surface area contributed by atoms with Gasteiger partial charge in [-0.25, -0.2) is 0 Å². The quantitative estimate of drug-likeness (QED) is 0.657. The van der Waals surface area contributed by atoms with Crippen molar-refractivity contribution >= 4 is 0 Å². The summed E-state index contributed by atoms with van der Waals surface area (Å²) in [7, 11) is 1.93. The van der Waals surface area contributed by atoms with E-state index in [0.717, 1.165) is 0 Å². The minimum Gasteiger partial charge on any atom is -0.377 e. The molecule has 13 heavy (non-hydrogen) atoms. The van der Waals surface area contributed by atoms with Crippen LogP contribution in [0.25, 0.3) is 0 Å². The SMILES string of the molecule is CNC(COC(C)C)COC(C)C. The Kier molecular flexibility index (Phi) is 7.23. The van der Waals surface area contributed by atoms with Gasteiger partial charge in [0, 0.05) is 0 Å². The molecule has 0 aliphatic carbocycles. The van der Waals surface area contributed by atoms with E-state index in [1.165, 1.54) is 0 Å². The van der Waals surface area contributed by atoms with Gasteiger partial charge in [-0.1, -0.05) is 0 Å². The first-order valence-corrected chi connectivity index (χ1v) is 4.96. The number of hydrogen-bond acceptors (Lipinski definition) is 3. The Morgan fingerprint density at radius 3 is 1.54 bits per heavy atom. The van der Waals surface area contributed by atoms with Crippen molar-refractivity contribution in [2.75, 3.05) is 20.3 Å². The van der Waals surface area contributed by atoms with Crippen LogP contribution < -0.4 is 5.32 Å². The number of hydrogen-bond donors (Lipinski definition) is 1. The lowest BCUT2D eigenvalue weighted by Gasteiger charge is -2.19. The first-order valence-electron chi connectivity index (χ1n) is 4.96. The molecule has 0 amide bonds. The molecular weight excluding hydrogens is 166 g/mol. The van der Waals surface area contributed by atoms with Gasteiger partial charge in [-0.2, -0.15) is 0 Å². The highest BCUT2D eigenvalue weighted by atomic mass is 16.5. The number of ether oxygens (including phenoxy) is 2. The molecule has 0 bridgehead atoms. The van der Waals surface area contributed by atoms with E-state index in [1.54, 1.807) is 0 Å². The summed E-state index contributed by atoms with van der Waals surface area (Å²) in [4.78, 5) is 0. The Balaban J connectivity index is 3.51. The summed E-state index contributed by atoms with van der Waals surface area (Å²) >= 11 is 0. The first-order chi connectivity index (χ1) is 6.06. The maximum atomic E-state index is 5.48. The van der Waals surface area contributed by atoms with Crippen molar-refractivity contribution < 1.29 is 9.47 Å².